The van der Waals surface area contributed by atoms with Crippen LogP contribution in [0.4, 0.5) is 0 Å². The molecule has 11 nitrogen and oxygen atoms in total. The van der Waals surface area contributed by atoms with E-state index in [2.05, 4.69) is 15.3 Å². The van der Waals surface area contributed by atoms with Crippen molar-refractivity contribution in [1.82, 2.24) is 20.2 Å². The number of hydrogen-bond acceptors (Lipinski definition) is 7. The van der Waals surface area contributed by atoms with E-state index >= 15 is 0 Å². The number of likely N-dealkylation sites (N-methyl/N-ethyl adjacent to an activating group) is 1. The summed E-state index contributed by atoms with van der Waals surface area (Å²) in [7, 11) is 3.24. The molecule has 2 atom stereocenters. The van der Waals surface area contributed by atoms with Crippen molar-refractivity contribution in [2.75, 3.05) is 47.3 Å². The van der Waals surface area contributed by atoms with Gasteiger partial charge < -0.3 is 35.1 Å². The molecule has 0 bridgehead atoms. The minimum atomic E-state index is -0.930. The molecule has 0 saturated heterocycles. The first-order valence-electron chi connectivity index (χ1n) is 11.4. The Morgan fingerprint density at radius 1 is 1.11 bits per heavy atom. The Morgan fingerprint density at radius 2 is 1.86 bits per heavy atom. The van der Waals surface area contributed by atoms with Crippen LogP contribution in [0.2, 0.25) is 0 Å². The van der Waals surface area contributed by atoms with Gasteiger partial charge in [0, 0.05) is 45.4 Å². The molecule has 0 aliphatic carbocycles. The van der Waals surface area contributed by atoms with Gasteiger partial charge in [-0.25, -0.2) is 4.98 Å². The summed E-state index contributed by atoms with van der Waals surface area (Å²) in [6.07, 6.45) is 3.53. The number of ether oxygens (including phenoxy) is 3. The van der Waals surface area contributed by atoms with E-state index in [9.17, 15) is 14.4 Å². The number of nitrogens with two attached hydrogens (primary N) is 1. The molecule has 0 aliphatic heterocycles. The van der Waals surface area contributed by atoms with Gasteiger partial charge in [0.05, 0.1) is 32.1 Å². The van der Waals surface area contributed by atoms with E-state index in [-0.39, 0.29) is 25.5 Å². The molecule has 11 heteroatoms. The minimum Gasteiger partial charge on any atom is -0.382 e. The molecule has 3 amide bonds. The first-order valence-corrected chi connectivity index (χ1v) is 11.4. The highest BCUT2D eigenvalue weighted by Gasteiger charge is 2.28. The maximum atomic E-state index is 13.2. The molecule has 0 spiro atoms. The van der Waals surface area contributed by atoms with Crippen molar-refractivity contribution < 1.29 is 28.6 Å². The summed E-state index contributed by atoms with van der Waals surface area (Å²) in [5, 5.41) is 2.71. The van der Waals surface area contributed by atoms with E-state index in [1.807, 2.05) is 30.3 Å². The fraction of sp³-hybridized carbons (Fsp3) is 0.500. The van der Waals surface area contributed by atoms with Gasteiger partial charge in [0.15, 0.2) is 0 Å². The van der Waals surface area contributed by atoms with Crippen LogP contribution >= 0.6 is 0 Å². The number of carbonyl (C=O) groups excluding carboxylic acids is 3. The second-order valence-electron chi connectivity index (χ2n) is 8.08. The van der Waals surface area contributed by atoms with Crippen molar-refractivity contribution in [2.24, 2.45) is 11.7 Å². The van der Waals surface area contributed by atoms with Crippen molar-refractivity contribution in [2.45, 2.75) is 25.3 Å². The van der Waals surface area contributed by atoms with Crippen LogP contribution in [0, 0.1) is 5.92 Å². The molecule has 1 aromatic carbocycles. The Hall–Kier alpha value is -3.28. The number of rotatable bonds is 17. The number of hydrogen-bond donors (Lipinski definition) is 3. The number of methoxy groups -OCH3 is 1. The molecule has 1 aromatic heterocycles. The Morgan fingerprint density at radius 3 is 2.51 bits per heavy atom. The van der Waals surface area contributed by atoms with Crippen LogP contribution in [0.3, 0.4) is 0 Å². The van der Waals surface area contributed by atoms with Crippen LogP contribution in [0.15, 0.2) is 42.9 Å². The monoisotopic (exact) mass is 489 g/mol. The standard InChI is InChI=1S/C24H35N5O6/c1-29(8-9-34-17-35-11-10-33-2)22(30)13-19(12-18-6-4-3-5-7-18)24(32)28-21(23(25)31)14-20-15-26-16-27-20/h3-7,15-16,19,21H,8-14,17H2,1-2H3,(H2,25,31)(H,26,27)(H,28,32). The van der Waals surface area contributed by atoms with E-state index < -0.39 is 23.8 Å². The van der Waals surface area contributed by atoms with Crippen molar-refractivity contribution in [1.29, 1.82) is 0 Å². The number of carbonyl (C=O) groups is 3. The summed E-state index contributed by atoms with van der Waals surface area (Å²) in [4.78, 5) is 46.3. The Balaban J connectivity index is 1.96. The quantitative estimate of drug-likeness (QED) is 0.213. The van der Waals surface area contributed by atoms with Crippen LogP contribution < -0.4 is 11.1 Å². The number of nitrogens with one attached hydrogen (secondary N) is 2. The normalized spacial score (nSPS) is 12.6. The lowest BCUT2D eigenvalue weighted by Crippen LogP contribution is -2.49. The number of aromatic amines is 1. The van der Waals surface area contributed by atoms with Crippen LogP contribution in [0.5, 0.6) is 0 Å². The summed E-state index contributed by atoms with van der Waals surface area (Å²) in [6.45, 7) is 1.64. The summed E-state index contributed by atoms with van der Waals surface area (Å²) in [5.41, 5.74) is 7.08. The number of benzene rings is 1. The van der Waals surface area contributed by atoms with Gasteiger partial charge in [-0.2, -0.15) is 0 Å². The first-order chi connectivity index (χ1) is 16.9. The third-order valence-electron chi connectivity index (χ3n) is 5.35. The van der Waals surface area contributed by atoms with Crippen molar-refractivity contribution >= 4 is 17.7 Å². The molecule has 1 heterocycles. The molecule has 2 aromatic rings. The highest BCUT2D eigenvalue weighted by atomic mass is 16.7. The zero-order chi connectivity index (χ0) is 25.5. The van der Waals surface area contributed by atoms with Crippen molar-refractivity contribution in [3.8, 4) is 0 Å². The van der Waals surface area contributed by atoms with Gasteiger partial charge in [0.2, 0.25) is 17.7 Å². The maximum Gasteiger partial charge on any atom is 0.240 e. The van der Waals surface area contributed by atoms with Gasteiger partial charge in [-0.3, -0.25) is 14.4 Å². The topological polar surface area (TPSA) is 149 Å². The number of H-pyrrole nitrogens is 1. The molecule has 0 fully saturated rings. The van der Waals surface area contributed by atoms with E-state index in [4.69, 9.17) is 19.9 Å². The summed E-state index contributed by atoms with van der Waals surface area (Å²) >= 11 is 0. The molecular formula is C24H35N5O6. The van der Waals surface area contributed by atoms with Gasteiger partial charge in [-0.1, -0.05) is 30.3 Å². The first kappa shape index (κ1) is 28.0. The summed E-state index contributed by atoms with van der Waals surface area (Å²) in [5.74, 6) is -1.98. The summed E-state index contributed by atoms with van der Waals surface area (Å²) < 4.78 is 15.5. The predicted molar refractivity (Wildman–Crippen MR) is 128 cm³/mol. The fourth-order valence-corrected chi connectivity index (χ4v) is 3.30. The third kappa shape index (κ3) is 10.7. The number of aromatic nitrogens is 2. The van der Waals surface area contributed by atoms with E-state index in [1.54, 1.807) is 20.4 Å². The zero-order valence-corrected chi connectivity index (χ0v) is 20.3. The smallest absolute Gasteiger partial charge is 0.240 e. The molecule has 35 heavy (non-hydrogen) atoms. The number of amides is 3. The molecule has 0 radical (unpaired) electrons. The lowest BCUT2D eigenvalue weighted by Gasteiger charge is -2.23. The van der Waals surface area contributed by atoms with Gasteiger partial charge >= 0.3 is 0 Å². The lowest BCUT2D eigenvalue weighted by atomic mass is 9.94. The molecule has 2 rings (SSSR count). The average molecular weight is 490 g/mol. The van der Waals surface area contributed by atoms with Crippen LogP contribution in [0.1, 0.15) is 17.7 Å². The van der Waals surface area contributed by atoms with Crippen LogP contribution in [-0.4, -0.2) is 85.9 Å². The third-order valence-corrected chi connectivity index (χ3v) is 5.35. The SMILES string of the molecule is COCCOCOCCN(C)C(=O)CC(Cc1ccccc1)C(=O)NC(Cc1cnc[nH]1)C(N)=O. The minimum absolute atomic E-state index is 0.0306. The fourth-order valence-electron chi connectivity index (χ4n) is 3.30. The average Bonchev–Trinajstić information content (AvgIpc) is 3.36. The number of primary amides is 1. The Bertz CT molecular complexity index is 893. The second kappa shape index (κ2) is 15.6. The van der Waals surface area contributed by atoms with Gasteiger partial charge in [0.1, 0.15) is 12.8 Å². The molecule has 0 aliphatic rings. The predicted octanol–water partition coefficient (Wildman–Crippen LogP) is 0.267. The van der Waals surface area contributed by atoms with Gasteiger partial charge in [-0.15, -0.1) is 0 Å². The van der Waals surface area contributed by atoms with Crippen molar-refractivity contribution in [3.63, 3.8) is 0 Å². The van der Waals surface area contributed by atoms with Crippen molar-refractivity contribution in [3.05, 3.63) is 54.1 Å². The molecule has 0 saturated carbocycles. The highest BCUT2D eigenvalue weighted by Crippen LogP contribution is 2.15. The van der Waals surface area contributed by atoms with Gasteiger partial charge in [0.25, 0.3) is 0 Å². The summed E-state index contributed by atoms with van der Waals surface area (Å²) in [6, 6.07) is 8.47. The molecule has 2 unspecified atom stereocenters. The largest absolute Gasteiger partial charge is 0.382 e. The number of imidazole rings is 1. The maximum absolute atomic E-state index is 13.2. The van der Waals surface area contributed by atoms with Crippen LogP contribution in [0.25, 0.3) is 0 Å². The van der Waals surface area contributed by atoms with E-state index in [1.165, 1.54) is 11.2 Å². The Kier molecular flexibility index (Phi) is 12.5. The molecule has 4 N–H and O–H groups in total. The van der Waals surface area contributed by atoms with E-state index in [0.29, 0.717) is 38.5 Å². The molecule has 192 valence electrons. The van der Waals surface area contributed by atoms with E-state index in [0.717, 1.165) is 5.56 Å². The second-order valence-corrected chi connectivity index (χ2v) is 8.08. The molecular weight excluding hydrogens is 454 g/mol. The highest BCUT2D eigenvalue weighted by molar-refractivity contribution is 5.90. The lowest BCUT2D eigenvalue weighted by molar-refractivity contribution is -0.137. The number of nitrogens with zero attached hydrogens (tertiary/aromatic N) is 2. The Labute approximate surface area is 205 Å². The zero-order valence-electron chi connectivity index (χ0n) is 20.3. The van der Waals surface area contributed by atoms with Crippen LogP contribution in [-0.2, 0) is 41.4 Å². The van der Waals surface area contributed by atoms with Gasteiger partial charge in [-0.05, 0) is 12.0 Å².